The molecule has 28 heavy (non-hydrogen) atoms. The highest BCUT2D eigenvalue weighted by Gasteiger charge is 2.26. The number of nitrogens with one attached hydrogen (secondary N) is 1. The summed E-state index contributed by atoms with van der Waals surface area (Å²) < 4.78 is 30.4. The minimum Gasteiger partial charge on any atom is -0.495 e. The number of sulfonamides is 1. The third-order valence-electron chi connectivity index (χ3n) is 3.80. The van der Waals surface area contributed by atoms with Gasteiger partial charge in [-0.3, -0.25) is 19.2 Å². The Kier molecular flexibility index (Phi) is 6.47. The topological polar surface area (TPSA) is 119 Å². The lowest BCUT2D eigenvalue weighted by Crippen LogP contribution is -2.37. The maximum Gasteiger partial charge on any atom is 0.271 e. The second-order valence-electron chi connectivity index (χ2n) is 5.89. The molecule has 0 unspecified atom stereocenters. The van der Waals surface area contributed by atoms with Crippen LogP contribution in [0.1, 0.15) is 5.56 Å². The van der Waals surface area contributed by atoms with Gasteiger partial charge in [0.1, 0.15) is 18.0 Å². The number of rotatable bonds is 7. The van der Waals surface area contributed by atoms with E-state index in [0.29, 0.717) is 10.7 Å². The Balaban J connectivity index is 2.40. The number of hydrogen-bond acceptors (Lipinski definition) is 6. The van der Waals surface area contributed by atoms with Crippen molar-refractivity contribution in [1.29, 1.82) is 0 Å². The van der Waals surface area contributed by atoms with E-state index in [-0.39, 0.29) is 17.1 Å². The van der Waals surface area contributed by atoms with Gasteiger partial charge in [-0.2, -0.15) is 0 Å². The van der Waals surface area contributed by atoms with Crippen LogP contribution in [0.25, 0.3) is 0 Å². The minimum absolute atomic E-state index is 0.0720. The van der Waals surface area contributed by atoms with Gasteiger partial charge in [0.25, 0.3) is 5.69 Å². The predicted octanol–water partition coefficient (Wildman–Crippen LogP) is 2.97. The number of halogens is 1. The van der Waals surface area contributed by atoms with Crippen LogP contribution < -0.4 is 14.4 Å². The van der Waals surface area contributed by atoms with Crippen LogP contribution in [-0.4, -0.2) is 39.2 Å². The summed E-state index contributed by atoms with van der Waals surface area (Å²) in [6.07, 6.45) is 0.892. The van der Waals surface area contributed by atoms with Crippen molar-refractivity contribution in [2.24, 2.45) is 0 Å². The van der Waals surface area contributed by atoms with Gasteiger partial charge in [0.2, 0.25) is 15.9 Å². The van der Waals surface area contributed by atoms with Gasteiger partial charge in [-0.05, 0) is 30.7 Å². The molecule has 0 spiro atoms. The molecular formula is C17H18ClN3O6S. The first-order valence-electron chi connectivity index (χ1n) is 7.89. The van der Waals surface area contributed by atoms with E-state index < -0.39 is 27.4 Å². The number of methoxy groups -OCH3 is 1. The minimum atomic E-state index is -3.95. The van der Waals surface area contributed by atoms with E-state index in [1.165, 1.54) is 25.3 Å². The number of ether oxygens (including phenoxy) is 1. The van der Waals surface area contributed by atoms with Crippen molar-refractivity contribution in [2.45, 2.75) is 6.92 Å². The molecule has 11 heteroatoms. The highest BCUT2D eigenvalue weighted by molar-refractivity contribution is 7.92. The van der Waals surface area contributed by atoms with Crippen molar-refractivity contribution in [3.63, 3.8) is 0 Å². The van der Waals surface area contributed by atoms with Crippen LogP contribution in [0.2, 0.25) is 5.02 Å². The lowest BCUT2D eigenvalue weighted by atomic mass is 10.2. The number of carbonyl (C=O) groups excluding carboxylic acids is 1. The summed E-state index contributed by atoms with van der Waals surface area (Å²) in [5.74, 6) is -0.577. The highest BCUT2D eigenvalue weighted by atomic mass is 35.5. The second kappa shape index (κ2) is 8.44. The number of nitro benzene ring substituents is 1. The monoisotopic (exact) mass is 427 g/mol. The maximum atomic E-state index is 12.5. The zero-order valence-electron chi connectivity index (χ0n) is 15.3. The van der Waals surface area contributed by atoms with Crippen molar-refractivity contribution in [3.8, 4) is 5.75 Å². The number of hydrogen-bond donors (Lipinski definition) is 1. The Hall–Kier alpha value is -2.85. The summed E-state index contributed by atoms with van der Waals surface area (Å²) in [5.41, 5.74) is 0.709. The van der Waals surface area contributed by atoms with Crippen molar-refractivity contribution in [2.75, 3.05) is 29.5 Å². The average Bonchev–Trinajstić information content (AvgIpc) is 2.61. The van der Waals surface area contributed by atoms with Crippen LogP contribution in [0.4, 0.5) is 17.1 Å². The standard InChI is InChI=1S/C17H18ClN3O6S/c1-11-4-5-12(18)8-14(11)19-17(22)10-20(28(3,25)26)15-9-13(21(23)24)6-7-16(15)27-2/h4-9H,10H2,1-3H3,(H,19,22). The molecule has 0 atom stereocenters. The van der Waals surface area contributed by atoms with Crippen LogP contribution in [0.15, 0.2) is 36.4 Å². The summed E-state index contributed by atoms with van der Waals surface area (Å²) in [5, 5.41) is 14.1. The fraction of sp³-hybridized carbons (Fsp3) is 0.235. The highest BCUT2D eigenvalue weighted by Crippen LogP contribution is 2.33. The molecule has 0 saturated carbocycles. The third kappa shape index (κ3) is 5.11. The normalized spacial score (nSPS) is 11.0. The molecule has 2 rings (SSSR count). The van der Waals surface area contributed by atoms with Gasteiger partial charge in [0.05, 0.1) is 18.3 Å². The summed E-state index contributed by atoms with van der Waals surface area (Å²) in [6, 6.07) is 8.38. The molecular weight excluding hydrogens is 410 g/mol. The van der Waals surface area contributed by atoms with Crippen molar-refractivity contribution in [3.05, 3.63) is 57.1 Å². The number of amides is 1. The molecule has 1 N–H and O–H groups in total. The van der Waals surface area contributed by atoms with E-state index >= 15 is 0 Å². The maximum absolute atomic E-state index is 12.5. The summed E-state index contributed by atoms with van der Waals surface area (Å²) in [4.78, 5) is 22.9. The molecule has 0 aliphatic carbocycles. The van der Waals surface area contributed by atoms with Gasteiger partial charge in [0, 0.05) is 22.8 Å². The second-order valence-corrected chi connectivity index (χ2v) is 8.23. The largest absolute Gasteiger partial charge is 0.495 e. The first kappa shape index (κ1) is 21.5. The molecule has 2 aromatic rings. The zero-order chi connectivity index (χ0) is 21.1. The van der Waals surface area contributed by atoms with E-state index in [9.17, 15) is 23.3 Å². The number of aryl methyl sites for hydroxylation is 1. The van der Waals surface area contributed by atoms with Crippen molar-refractivity contribution >= 4 is 44.6 Å². The number of anilines is 2. The van der Waals surface area contributed by atoms with Crippen LogP contribution in [0.5, 0.6) is 5.75 Å². The number of nitrogens with zero attached hydrogens (tertiary/aromatic N) is 2. The molecule has 2 aromatic carbocycles. The number of non-ortho nitro benzene ring substituents is 1. The van der Waals surface area contributed by atoms with Gasteiger partial charge >= 0.3 is 0 Å². The van der Waals surface area contributed by atoms with Crippen LogP contribution in [-0.2, 0) is 14.8 Å². The Morgan fingerprint density at radius 3 is 2.54 bits per heavy atom. The van der Waals surface area contributed by atoms with Gasteiger partial charge in [-0.15, -0.1) is 0 Å². The molecule has 0 aliphatic rings. The van der Waals surface area contributed by atoms with Gasteiger partial charge in [-0.25, -0.2) is 8.42 Å². The SMILES string of the molecule is COc1ccc([N+](=O)[O-])cc1N(CC(=O)Nc1cc(Cl)ccc1C)S(C)(=O)=O. The fourth-order valence-corrected chi connectivity index (χ4v) is 3.44. The van der Waals surface area contributed by atoms with Crippen LogP contribution in [0, 0.1) is 17.0 Å². The Bertz CT molecular complexity index is 1030. The first-order chi connectivity index (χ1) is 13.0. The molecule has 0 bridgehead atoms. The van der Waals surface area contributed by atoms with E-state index in [2.05, 4.69) is 5.32 Å². The third-order valence-corrected chi connectivity index (χ3v) is 5.16. The quantitative estimate of drug-likeness (QED) is 0.536. The molecule has 150 valence electrons. The van der Waals surface area contributed by atoms with E-state index in [1.54, 1.807) is 19.1 Å². The lowest BCUT2D eigenvalue weighted by molar-refractivity contribution is -0.384. The summed E-state index contributed by atoms with van der Waals surface area (Å²) in [6.45, 7) is 1.15. The van der Waals surface area contributed by atoms with Crippen molar-refractivity contribution < 1.29 is 22.9 Å². The van der Waals surface area contributed by atoms with Crippen LogP contribution >= 0.6 is 11.6 Å². The number of carbonyl (C=O) groups is 1. The van der Waals surface area contributed by atoms with Gasteiger partial charge in [-0.1, -0.05) is 17.7 Å². The first-order valence-corrected chi connectivity index (χ1v) is 10.1. The molecule has 0 aliphatic heterocycles. The van der Waals surface area contributed by atoms with E-state index in [0.717, 1.165) is 22.2 Å². The van der Waals surface area contributed by atoms with Gasteiger partial charge in [0.15, 0.2) is 0 Å². The van der Waals surface area contributed by atoms with E-state index in [4.69, 9.17) is 16.3 Å². The Morgan fingerprint density at radius 1 is 1.29 bits per heavy atom. The summed E-state index contributed by atoms with van der Waals surface area (Å²) in [7, 11) is -2.66. The zero-order valence-corrected chi connectivity index (χ0v) is 16.9. The Labute approximate surface area is 167 Å². The van der Waals surface area contributed by atoms with Crippen LogP contribution in [0.3, 0.4) is 0 Å². The molecule has 0 saturated heterocycles. The average molecular weight is 428 g/mol. The Morgan fingerprint density at radius 2 is 1.96 bits per heavy atom. The molecule has 9 nitrogen and oxygen atoms in total. The van der Waals surface area contributed by atoms with E-state index in [1.807, 2.05) is 0 Å². The molecule has 0 aromatic heterocycles. The lowest BCUT2D eigenvalue weighted by Gasteiger charge is -2.23. The molecule has 0 heterocycles. The smallest absolute Gasteiger partial charge is 0.271 e. The van der Waals surface area contributed by atoms with Crippen molar-refractivity contribution in [1.82, 2.24) is 0 Å². The molecule has 1 amide bonds. The predicted molar refractivity (Wildman–Crippen MR) is 107 cm³/mol. The van der Waals surface area contributed by atoms with Gasteiger partial charge < -0.3 is 10.1 Å². The molecule has 0 fully saturated rings. The number of nitro groups is 1. The summed E-state index contributed by atoms with van der Waals surface area (Å²) >= 11 is 5.92. The fourth-order valence-electron chi connectivity index (χ4n) is 2.42. The molecule has 0 radical (unpaired) electrons. The number of benzene rings is 2.